The monoisotopic (exact) mass is 144 g/mol. The van der Waals surface area contributed by atoms with Gasteiger partial charge in [0, 0.05) is 13.5 Å². The van der Waals surface area contributed by atoms with Gasteiger partial charge in [-0.15, -0.1) is 0 Å². The zero-order valence-corrected chi connectivity index (χ0v) is 6.18. The predicted octanol–water partition coefficient (Wildman–Crippen LogP) is -0.756. The molecule has 4 heteroatoms. The Kier molecular flexibility index (Phi) is 3.46. The van der Waals surface area contributed by atoms with E-state index in [1.165, 1.54) is 6.92 Å². The van der Waals surface area contributed by atoms with Gasteiger partial charge in [-0.3, -0.25) is 9.59 Å². The number of hydrogen-bond acceptors (Lipinski definition) is 2. The lowest BCUT2D eigenvalue weighted by Crippen LogP contribution is -2.33. The third kappa shape index (κ3) is 3.88. The quantitative estimate of drug-likeness (QED) is 0.546. The maximum Gasteiger partial charge on any atom is 0.222 e. The van der Waals surface area contributed by atoms with E-state index in [2.05, 4.69) is 5.32 Å². The molecule has 58 valence electrons. The molecule has 2 amide bonds. The van der Waals surface area contributed by atoms with Crippen molar-refractivity contribution in [3.8, 4) is 0 Å². The SMILES string of the molecule is CC(=O)NC[C@H](C)C(N)=O. The van der Waals surface area contributed by atoms with E-state index in [0.717, 1.165) is 0 Å². The number of carbonyl (C=O) groups excluding carboxylic acids is 2. The molecule has 0 rings (SSSR count). The summed E-state index contributed by atoms with van der Waals surface area (Å²) < 4.78 is 0. The summed E-state index contributed by atoms with van der Waals surface area (Å²) in [7, 11) is 0. The van der Waals surface area contributed by atoms with Crippen molar-refractivity contribution in [2.45, 2.75) is 13.8 Å². The Bertz CT molecular complexity index is 145. The number of amides is 2. The van der Waals surface area contributed by atoms with Crippen molar-refractivity contribution in [3.63, 3.8) is 0 Å². The molecular weight excluding hydrogens is 132 g/mol. The molecule has 0 aliphatic carbocycles. The van der Waals surface area contributed by atoms with Crippen LogP contribution in [0.15, 0.2) is 0 Å². The molecule has 0 saturated carbocycles. The summed E-state index contributed by atoms with van der Waals surface area (Å²) in [6.07, 6.45) is 0. The van der Waals surface area contributed by atoms with Crippen LogP contribution < -0.4 is 11.1 Å². The van der Waals surface area contributed by atoms with E-state index in [4.69, 9.17) is 5.73 Å². The molecule has 10 heavy (non-hydrogen) atoms. The molecule has 0 aliphatic rings. The van der Waals surface area contributed by atoms with Crippen molar-refractivity contribution < 1.29 is 9.59 Å². The first kappa shape index (κ1) is 8.94. The molecule has 0 aromatic carbocycles. The number of hydrogen-bond donors (Lipinski definition) is 2. The average Bonchev–Trinajstić information content (AvgIpc) is 1.82. The van der Waals surface area contributed by atoms with E-state index in [1.54, 1.807) is 6.92 Å². The molecule has 0 aromatic rings. The highest BCUT2D eigenvalue weighted by atomic mass is 16.2. The molecule has 0 radical (unpaired) electrons. The lowest BCUT2D eigenvalue weighted by Gasteiger charge is -2.05. The largest absolute Gasteiger partial charge is 0.369 e. The maximum atomic E-state index is 10.4. The second kappa shape index (κ2) is 3.87. The highest BCUT2D eigenvalue weighted by Crippen LogP contribution is 1.88. The van der Waals surface area contributed by atoms with Gasteiger partial charge in [-0.2, -0.15) is 0 Å². The van der Waals surface area contributed by atoms with Gasteiger partial charge in [0.15, 0.2) is 0 Å². The van der Waals surface area contributed by atoms with Crippen molar-refractivity contribution in [2.75, 3.05) is 6.54 Å². The fourth-order valence-electron chi connectivity index (χ4n) is 0.397. The Labute approximate surface area is 59.8 Å². The minimum atomic E-state index is -0.395. The molecule has 0 spiro atoms. The standard InChI is InChI=1S/C6H12N2O2/c1-4(6(7)10)3-8-5(2)9/h4H,3H2,1-2H3,(H2,7,10)(H,8,9)/t4-/m0/s1. The number of rotatable bonds is 3. The van der Waals surface area contributed by atoms with Gasteiger partial charge in [0.2, 0.25) is 11.8 Å². The smallest absolute Gasteiger partial charge is 0.222 e. The van der Waals surface area contributed by atoms with Crippen LogP contribution in [0.2, 0.25) is 0 Å². The molecular formula is C6H12N2O2. The Morgan fingerprint density at radius 2 is 2.10 bits per heavy atom. The highest BCUT2D eigenvalue weighted by molar-refractivity contribution is 5.78. The molecule has 4 nitrogen and oxygen atoms in total. The van der Waals surface area contributed by atoms with Crippen LogP contribution in [0.1, 0.15) is 13.8 Å². The van der Waals surface area contributed by atoms with Gasteiger partial charge in [-0.05, 0) is 0 Å². The first-order valence-corrected chi connectivity index (χ1v) is 3.07. The van der Waals surface area contributed by atoms with Gasteiger partial charge in [0.1, 0.15) is 0 Å². The van der Waals surface area contributed by atoms with Crippen molar-refractivity contribution in [1.29, 1.82) is 0 Å². The summed E-state index contributed by atoms with van der Waals surface area (Å²) in [4.78, 5) is 20.7. The van der Waals surface area contributed by atoms with Gasteiger partial charge in [0.05, 0.1) is 5.92 Å². The second-order valence-electron chi connectivity index (χ2n) is 2.24. The Hall–Kier alpha value is -1.06. The molecule has 0 saturated heterocycles. The summed E-state index contributed by atoms with van der Waals surface area (Å²) in [6.45, 7) is 3.39. The van der Waals surface area contributed by atoms with E-state index in [9.17, 15) is 9.59 Å². The molecule has 0 aliphatic heterocycles. The van der Waals surface area contributed by atoms with Crippen LogP contribution >= 0.6 is 0 Å². The fraction of sp³-hybridized carbons (Fsp3) is 0.667. The molecule has 1 atom stereocenters. The molecule has 3 N–H and O–H groups in total. The summed E-state index contributed by atoms with van der Waals surface area (Å²) in [5.74, 6) is -0.828. The minimum Gasteiger partial charge on any atom is -0.369 e. The van der Waals surface area contributed by atoms with Gasteiger partial charge >= 0.3 is 0 Å². The van der Waals surface area contributed by atoms with Crippen LogP contribution in [-0.2, 0) is 9.59 Å². The minimum absolute atomic E-state index is 0.145. The Morgan fingerprint density at radius 1 is 1.60 bits per heavy atom. The second-order valence-corrected chi connectivity index (χ2v) is 2.24. The number of carbonyl (C=O) groups is 2. The van der Waals surface area contributed by atoms with Crippen molar-refractivity contribution in [2.24, 2.45) is 11.7 Å². The van der Waals surface area contributed by atoms with E-state index in [0.29, 0.717) is 6.54 Å². The number of primary amides is 1. The van der Waals surface area contributed by atoms with E-state index in [1.807, 2.05) is 0 Å². The van der Waals surface area contributed by atoms with Gasteiger partial charge < -0.3 is 11.1 Å². The van der Waals surface area contributed by atoms with Crippen LogP contribution in [0.3, 0.4) is 0 Å². The molecule has 0 bridgehead atoms. The molecule has 0 unspecified atom stereocenters. The van der Waals surface area contributed by atoms with Gasteiger partial charge in [0.25, 0.3) is 0 Å². The zero-order valence-electron chi connectivity index (χ0n) is 6.18. The van der Waals surface area contributed by atoms with E-state index in [-0.39, 0.29) is 11.8 Å². The van der Waals surface area contributed by atoms with Gasteiger partial charge in [-0.1, -0.05) is 6.92 Å². The average molecular weight is 144 g/mol. The first-order chi connectivity index (χ1) is 4.54. The van der Waals surface area contributed by atoms with Crippen LogP contribution in [0, 0.1) is 5.92 Å². The lowest BCUT2D eigenvalue weighted by molar-refractivity contribution is -0.122. The summed E-state index contributed by atoms with van der Waals surface area (Å²) in [6, 6.07) is 0. The third-order valence-electron chi connectivity index (χ3n) is 1.14. The van der Waals surface area contributed by atoms with Crippen molar-refractivity contribution in [3.05, 3.63) is 0 Å². The maximum absolute atomic E-state index is 10.4. The van der Waals surface area contributed by atoms with E-state index >= 15 is 0 Å². The Morgan fingerprint density at radius 3 is 2.40 bits per heavy atom. The van der Waals surface area contributed by atoms with Crippen LogP contribution in [0.25, 0.3) is 0 Å². The first-order valence-electron chi connectivity index (χ1n) is 3.07. The van der Waals surface area contributed by atoms with Crippen LogP contribution in [-0.4, -0.2) is 18.4 Å². The van der Waals surface area contributed by atoms with Crippen LogP contribution in [0.5, 0.6) is 0 Å². The normalized spacial score (nSPS) is 12.2. The summed E-state index contributed by atoms with van der Waals surface area (Å²) in [5, 5.41) is 2.49. The van der Waals surface area contributed by atoms with Crippen molar-refractivity contribution in [1.82, 2.24) is 5.32 Å². The number of nitrogens with one attached hydrogen (secondary N) is 1. The molecule has 0 heterocycles. The van der Waals surface area contributed by atoms with Crippen molar-refractivity contribution >= 4 is 11.8 Å². The molecule has 0 fully saturated rings. The van der Waals surface area contributed by atoms with E-state index < -0.39 is 5.91 Å². The fourth-order valence-corrected chi connectivity index (χ4v) is 0.397. The van der Waals surface area contributed by atoms with Crippen LogP contribution in [0.4, 0.5) is 0 Å². The zero-order chi connectivity index (χ0) is 8.15. The topological polar surface area (TPSA) is 72.2 Å². The predicted molar refractivity (Wildman–Crippen MR) is 37.0 cm³/mol. The third-order valence-corrected chi connectivity index (χ3v) is 1.14. The lowest BCUT2D eigenvalue weighted by atomic mass is 10.2. The summed E-state index contributed by atoms with van der Waals surface area (Å²) >= 11 is 0. The Balaban J connectivity index is 3.49. The van der Waals surface area contributed by atoms with Gasteiger partial charge in [-0.25, -0.2) is 0 Å². The summed E-state index contributed by atoms with van der Waals surface area (Å²) in [5.41, 5.74) is 4.93. The number of nitrogens with two attached hydrogens (primary N) is 1. The highest BCUT2D eigenvalue weighted by Gasteiger charge is 2.07. The molecule has 0 aromatic heterocycles.